The molecule has 0 radical (unpaired) electrons. The molecule has 0 unspecified atom stereocenters. The molecule has 0 saturated carbocycles. The first kappa shape index (κ1) is 16.4. The van der Waals surface area contributed by atoms with Gasteiger partial charge in [0.05, 0.1) is 6.42 Å². The number of hydrogen-bond donors (Lipinski definition) is 3. The van der Waals surface area contributed by atoms with Crippen LogP contribution in [0.5, 0.6) is 0 Å². The maximum absolute atomic E-state index is 12.3. The number of fused-ring (bicyclic) bond motifs is 1. The number of benzene rings is 1. The maximum atomic E-state index is 12.3. The Morgan fingerprint density at radius 3 is 2.62 bits per heavy atom. The van der Waals surface area contributed by atoms with E-state index >= 15 is 0 Å². The minimum atomic E-state index is -4.01. The molecule has 1 atom stereocenters. The third kappa shape index (κ3) is 3.39. The molecule has 24 heavy (non-hydrogen) atoms. The topological polar surface area (TPSA) is 125 Å². The van der Waals surface area contributed by atoms with Crippen molar-refractivity contribution in [3.05, 3.63) is 35.4 Å². The molecule has 1 aromatic carbocycles. The number of hydrogen-bond acceptors (Lipinski definition) is 5. The van der Waals surface area contributed by atoms with Crippen LogP contribution in [0.2, 0.25) is 0 Å². The van der Waals surface area contributed by atoms with Crippen molar-refractivity contribution in [3.63, 3.8) is 0 Å². The second-order valence-corrected chi connectivity index (χ2v) is 7.27. The Balaban J connectivity index is 1.63. The van der Waals surface area contributed by atoms with Crippen molar-refractivity contribution in [1.29, 1.82) is 0 Å². The molecule has 3 N–H and O–H groups in total. The van der Waals surface area contributed by atoms with E-state index in [4.69, 9.17) is 0 Å². The second-order valence-electron chi connectivity index (χ2n) is 5.60. The molecule has 3 rings (SSSR count). The molecule has 1 fully saturated rings. The molecule has 1 saturated heterocycles. The van der Waals surface area contributed by atoms with Gasteiger partial charge in [0.25, 0.3) is 5.91 Å². The molecule has 4 amide bonds. The largest absolute Gasteiger partial charge is 0.325 e. The number of nitrogens with zero attached hydrogens (tertiary/aromatic N) is 1. The summed E-state index contributed by atoms with van der Waals surface area (Å²) in [5.41, 5.74) is 1.98. The van der Waals surface area contributed by atoms with Crippen molar-refractivity contribution in [2.75, 3.05) is 6.54 Å². The smallest absolute Gasteiger partial charge is 0.322 e. The molecule has 2 aliphatic heterocycles. The van der Waals surface area contributed by atoms with Crippen molar-refractivity contribution in [2.24, 2.45) is 0 Å². The van der Waals surface area contributed by atoms with Crippen LogP contribution < -0.4 is 15.4 Å². The van der Waals surface area contributed by atoms with Crippen LogP contribution in [0.25, 0.3) is 0 Å². The van der Waals surface area contributed by atoms with Gasteiger partial charge >= 0.3 is 16.2 Å². The number of amides is 4. The number of carbonyl (C=O) groups excluding carboxylic acids is 3. The summed E-state index contributed by atoms with van der Waals surface area (Å²) < 4.78 is 27.8. The van der Waals surface area contributed by atoms with E-state index in [1.165, 1.54) is 4.31 Å². The van der Waals surface area contributed by atoms with E-state index in [0.29, 0.717) is 6.42 Å². The minimum Gasteiger partial charge on any atom is -0.325 e. The average Bonchev–Trinajstić information content (AvgIpc) is 2.83. The van der Waals surface area contributed by atoms with Gasteiger partial charge in [0.15, 0.2) is 0 Å². The van der Waals surface area contributed by atoms with Crippen molar-refractivity contribution < 1.29 is 22.8 Å². The quantitative estimate of drug-likeness (QED) is 0.600. The van der Waals surface area contributed by atoms with Gasteiger partial charge in [0, 0.05) is 13.1 Å². The van der Waals surface area contributed by atoms with E-state index in [-0.39, 0.29) is 13.1 Å². The molecule has 10 heteroatoms. The van der Waals surface area contributed by atoms with Crippen LogP contribution in [0.3, 0.4) is 0 Å². The molecule has 0 bridgehead atoms. The second kappa shape index (κ2) is 6.21. The van der Waals surface area contributed by atoms with Crippen LogP contribution in [0.4, 0.5) is 4.79 Å². The zero-order valence-electron chi connectivity index (χ0n) is 12.6. The van der Waals surface area contributed by atoms with Crippen LogP contribution >= 0.6 is 0 Å². The van der Waals surface area contributed by atoms with Gasteiger partial charge in [-0.05, 0) is 17.5 Å². The lowest BCUT2D eigenvalue weighted by molar-refractivity contribution is -0.125. The highest BCUT2D eigenvalue weighted by Gasteiger charge is 2.33. The Hall–Kier alpha value is -2.46. The van der Waals surface area contributed by atoms with E-state index in [1.54, 1.807) is 0 Å². The predicted molar refractivity (Wildman–Crippen MR) is 82.7 cm³/mol. The summed E-state index contributed by atoms with van der Waals surface area (Å²) in [7, 11) is -4.01. The first-order valence-corrected chi connectivity index (χ1v) is 8.78. The molecule has 2 heterocycles. The summed E-state index contributed by atoms with van der Waals surface area (Å²) in [5.74, 6) is -1.50. The number of imide groups is 1. The van der Waals surface area contributed by atoms with Gasteiger partial charge in [-0.1, -0.05) is 24.3 Å². The standard InChI is InChI=1S/C14H16N4O5S/c19-12(7-11-13(20)16-14(21)15-11)17-24(22,23)18-6-5-9-3-1-2-4-10(9)8-18/h1-4,11H,5-8H2,(H,17,19)(H2,15,16,20,21)/t11-/m0/s1. The first-order valence-electron chi connectivity index (χ1n) is 7.34. The minimum absolute atomic E-state index is 0.180. The molecule has 0 aliphatic carbocycles. The van der Waals surface area contributed by atoms with E-state index in [0.717, 1.165) is 11.1 Å². The molecule has 1 aromatic rings. The third-order valence-corrected chi connectivity index (χ3v) is 5.40. The van der Waals surface area contributed by atoms with Crippen molar-refractivity contribution in [2.45, 2.75) is 25.4 Å². The monoisotopic (exact) mass is 352 g/mol. The van der Waals surface area contributed by atoms with Crippen molar-refractivity contribution in [1.82, 2.24) is 19.7 Å². The fraction of sp³-hybridized carbons (Fsp3) is 0.357. The van der Waals surface area contributed by atoms with Crippen LogP contribution in [-0.2, 0) is 32.8 Å². The summed E-state index contributed by atoms with van der Waals surface area (Å²) in [4.78, 5) is 34.3. The van der Waals surface area contributed by atoms with Crippen LogP contribution in [-0.4, -0.2) is 43.2 Å². The van der Waals surface area contributed by atoms with Crippen LogP contribution in [0.1, 0.15) is 17.5 Å². The zero-order valence-corrected chi connectivity index (χ0v) is 13.4. The molecule has 128 valence electrons. The molecular weight excluding hydrogens is 336 g/mol. The van der Waals surface area contributed by atoms with E-state index < -0.39 is 40.5 Å². The van der Waals surface area contributed by atoms with Crippen molar-refractivity contribution >= 4 is 28.1 Å². The lowest BCUT2D eigenvalue weighted by Crippen LogP contribution is -2.47. The van der Waals surface area contributed by atoms with Gasteiger partial charge in [-0.25, -0.2) is 9.52 Å². The van der Waals surface area contributed by atoms with Gasteiger partial charge in [-0.2, -0.15) is 12.7 Å². The van der Waals surface area contributed by atoms with Gasteiger partial charge in [0.2, 0.25) is 5.91 Å². The molecule has 0 aromatic heterocycles. The number of carbonyl (C=O) groups is 3. The fourth-order valence-electron chi connectivity index (χ4n) is 2.71. The maximum Gasteiger partial charge on any atom is 0.322 e. The molecular formula is C14H16N4O5S. The van der Waals surface area contributed by atoms with E-state index in [1.807, 2.05) is 34.3 Å². The highest BCUT2D eigenvalue weighted by molar-refractivity contribution is 7.87. The van der Waals surface area contributed by atoms with Crippen molar-refractivity contribution in [3.8, 4) is 0 Å². The molecule has 2 aliphatic rings. The van der Waals surface area contributed by atoms with E-state index in [2.05, 4.69) is 5.32 Å². The lowest BCUT2D eigenvalue weighted by Gasteiger charge is -2.28. The fourth-order valence-corrected chi connectivity index (χ4v) is 3.85. The number of urea groups is 1. The number of rotatable bonds is 4. The van der Waals surface area contributed by atoms with E-state index in [9.17, 15) is 22.8 Å². The normalized spacial score (nSPS) is 20.9. The first-order chi connectivity index (χ1) is 11.3. The summed E-state index contributed by atoms with van der Waals surface area (Å²) in [6, 6.07) is 5.75. The summed E-state index contributed by atoms with van der Waals surface area (Å²) in [6.45, 7) is 0.444. The Morgan fingerprint density at radius 1 is 1.25 bits per heavy atom. The van der Waals surface area contributed by atoms with Gasteiger partial charge in [-0.3, -0.25) is 14.9 Å². The summed E-state index contributed by atoms with van der Waals surface area (Å²) in [5, 5.41) is 4.22. The SMILES string of the molecule is O=C(C[C@@H]1NC(=O)NC1=O)NS(=O)(=O)N1CCc2ccccc2C1. The zero-order chi connectivity index (χ0) is 17.3. The highest BCUT2D eigenvalue weighted by atomic mass is 32.2. The Morgan fingerprint density at radius 2 is 1.96 bits per heavy atom. The Kier molecular flexibility index (Phi) is 4.24. The lowest BCUT2D eigenvalue weighted by atomic mass is 10.0. The molecule has 9 nitrogen and oxygen atoms in total. The summed E-state index contributed by atoms with van der Waals surface area (Å²) in [6.07, 6.45) is 0.119. The van der Waals surface area contributed by atoms with Gasteiger partial charge < -0.3 is 5.32 Å². The number of nitrogens with one attached hydrogen (secondary N) is 3. The van der Waals surface area contributed by atoms with Gasteiger partial charge in [-0.15, -0.1) is 0 Å². The Labute approximate surface area is 138 Å². The third-order valence-electron chi connectivity index (χ3n) is 3.93. The highest BCUT2D eigenvalue weighted by Crippen LogP contribution is 2.20. The predicted octanol–water partition coefficient (Wildman–Crippen LogP) is -0.996. The van der Waals surface area contributed by atoms with Gasteiger partial charge in [0.1, 0.15) is 6.04 Å². The van der Waals surface area contributed by atoms with Crippen LogP contribution in [0, 0.1) is 0 Å². The van der Waals surface area contributed by atoms with Crippen LogP contribution in [0.15, 0.2) is 24.3 Å². The molecule has 0 spiro atoms. The average molecular weight is 352 g/mol. The summed E-state index contributed by atoms with van der Waals surface area (Å²) >= 11 is 0. The Bertz CT molecular complexity index is 807.